The number of allylic oxidation sites excluding steroid dienone is 4. The zero-order valence-electron chi connectivity index (χ0n) is 18.6. The SMILES string of the molecule is CC1(C)O[C@@H]2CC3C4CCC5=CC(=O)C=CC5(C)[C@@]4(F)[C@@H](O)CC3(C)[C@]2(C(=O)CN)O1. The van der Waals surface area contributed by atoms with Crippen LogP contribution in [0.25, 0.3) is 0 Å². The Morgan fingerprint density at radius 2 is 2.00 bits per heavy atom. The summed E-state index contributed by atoms with van der Waals surface area (Å²) in [6.07, 6.45) is 4.34. The first-order valence-electron chi connectivity index (χ1n) is 11.3. The molecule has 8 atom stereocenters. The third-order valence-electron chi connectivity index (χ3n) is 9.23. The van der Waals surface area contributed by atoms with E-state index in [2.05, 4.69) is 0 Å². The highest BCUT2D eigenvalue weighted by Crippen LogP contribution is 2.72. The maximum atomic E-state index is 17.2. The van der Waals surface area contributed by atoms with E-state index in [-0.39, 0.29) is 30.4 Å². The number of hydrogen-bond donors (Lipinski definition) is 2. The smallest absolute Gasteiger partial charge is 0.181 e. The lowest BCUT2D eigenvalue weighted by Gasteiger charge is -2.62. The van der Waals surface area contributed by atoms with Gasteiger partial charge in [0.1, 0.15) is 0 Å². The number of ketones is 2. The molecule has 4 fully saturated rings. The van der Waals surface area contributed by atoms with E-state index in [1.165, 1.54) is 12.2 Å². The lowest BCUT2D eigenvalue weighted by Crippen LogP contribution is -2.70. The molecule has 0 amide bonds. The largest absolute Gasteiger partial charge is 0.390 e. The second-order valence-electron chi connectivity index (χ2n) is 11.0. The molecule has 0 spiro atoms. The predicted octanol–water partition coefficient (Wildman–Crippen LogP) is 2.39. The summed E-state index contributed by atoms with van der Waals surface area (Å²) in [5.41, 5.74) is 1.44. The second-order valence-corrected chi connectivity index (χ2v) is 11.0. The van der Waals surface area contributed by atoms with Crippen LogP contribution in [0.4, 0.5) is 4.39 Å². The minimum Gasteiger partial charge on any atom is -0.390 e. The maximum Gasteiger partial charge on any atom is 0.181 e. The highest BCUT2D eigenvalue weighted by Gasteiger charge is 2.79. The molecule has 4 unspecified atom stereocenters. The molecule has 1 heterocycles. The molecule has 4 aliphatic carbocycles. The zero-order valence-corrected chi connectivity index (χ0v) is 18.6. The van der Waals surface area contributed by atoms with E-state index in [1.54, 1.807) is 26.8 Å². The van der Waals surface area contributed by atoms with Crippen LogP contribution in [0.3, 0.4) is 0 Å². The molecule has 0 aromatic carbocycles. The number of aliphatic hydroxyl groups excluding tert-OH is 1. The number of fused-ring (bicyclic) bond motifs is 7. The fourth-order valence-corrected chi connectivity index (χ4v) is 7.96. The van der Waals surface area contributed by atoms with Crippen LogP contribution in [0.1, 0.15) is 53.4 Å². The quantitative estimate of drug-likeness (QED) is 0.694. The van der Waals surface area contributed by atoms with Crippen LogP contribution in [0, 0.1) is 22.7 Å². The van der Waals surface area contributed by atoms with E-state index in [1.807, 2.05) is 6.92 Å². The summed E-state index contributed by atoms with van der Waals surface area (Å²) >= 11 is 0. The molecule has 3 N–H and O–H groups in total. The second kappa shape index (κ2) is 6.13. The third-order valence-corrected chi connectivity index (χ3v) is 9.23. The van der Waals surface area contributed by atoms with E-state index < -0.39 is 46.0 Å². The molecule has 7 heteroatoms. The van der Waals surface area contributed by atoms with Crippen LogP contribution in [-0.2, 0) is 19.1 Å². The summed E-state index contributed by atoms with van der Waals surface area (Å²) < 4.78 is 29.7. The van der Waals surface area contributed by atoms with Crippen LogP contribution in [0.5, 0.6) is 0 Å². The van der Waals surface area contributed by atoms with Crippen LogP contribution < -0.4 is 5.73 Å². The molecule has 1 saturated heterocycles. The molecule has 0 bridgehead atoms. The van der Waals surface area contributed by atoms with Crippen LogP contribution in [-0.4, -0.2) is 52.5 Å². The van der Waals surface area contributed by atoms with E-state index in [0.717, 1.165) is 5.57 Å². The maximum absolute atomic E-state index is 17.2. The molecular weight excluding hydrogens is 401 g/mol. The Bertz CT molecular complexity index is 929. The lowest BCUT2D eigenvalue weighted by atomic mass is 9.44. The molecule has 3 saturated carbocycles. The molecule has 0 radical (unpaired) electrons. The van der Waals surface area contributed by atoms with Gasteiger partial charge in [-0.1, -0.05) is 18.6 Å². The Balaban J connectivity index is 1.64. The van der Waals surface area contributed by atoms with Gasteiger partial charge in [0.25, 0.3) is 0 Å². The van der Waals surface area contributed by atoms with Gasteiger partial charge in [-0.15, -0.1) is 0 Å². The van der Waals surface area contributed by atoms with Crippen molar-refractivity contribution in [2.45, 2.75) is 82.6 Å². The Morgan fingerprint density at radius 1 is 1.29 bits per heavy atom. The molecule has 5 rings (SSSR count). The van der Waals surface area contributed by atoms with Gasteiger partial charge in [-0.05, 0) is 64.5 Å². The number of rotatable bonds is 2. The number of Topliss-reactive ketones (excluding diaryl/α,β-unsaturated/α-hetero) is 1. The first-order valence-corrected chi connectivity index (χ1v) is 11.3. The van der Waals surface area contributed by atoms with Crippen molar-refractivity contribution in [1.82, 2.24) is 0 Å². The summed E-state index contributed by atoms with van der Waals surface area (Å²) in [7, 11) is 0. The normalized spacial score (nSPS) is 52.1. The van der Waals surface area contributed by atoms with Gasteiger partial charge in [0, 0.05) is 16.7 Å². The van der Waals surface area contributed by atoms with Gasteiger partial charge in [0.2, 0.25) is 0 Å². The molecule has 5 aliphatic rings. The number of aliphatic hydroxyl groups is 1. The zero-order chi connectivity index (χ0) is 22.6. The van der Waals surface area contributed by atoms with Crippen molar-refractivity contribution in [3.05, 3.63) is 23.8 Å². The van der Waals surface area contributed by atoms with Crippen molar-refractivity contribution in [3.8, 4) is 0 Å². The standard InChI is InChI=1S/C24H32FNO5/c1-20(2)30-19-10-16-15-6-5-13-9-14(27)7-8-21(13,3)23(15,25)17(28)11-22(16,4)24(19,31-20)18(29)12-26/h7-9,15-17,19,28H,5-6,10-12,26H2,1-4H3/t15?,16?,17-,19+,21?,22?,23-,24+/m0/s1. The number of carbonyl (C=O) groups excluding carboxylic acids is 2. The molecular formula is C24H32FNO5. The van der Waals surface area contributed by atoms with Gasteiger partial charge in [0.15, 0.2) is 28.6 Å². The van der Waals surface area contributed by atoms with E-state index in [9.17, 15) is 14.7 Å². The number of hydrogen-bond acceptors (Lipinski definition) is 6. The summed E-state index contributed by atoms with van der Waals surface area (Å²) in [4.78, 5) is 25.2. The molecule has 170 valence electrons. The van der Waals surface area contributed by atoms with Crippen LogP contribution in [0.15, 0.2) is 23.8 Å². The van der Waals surface area contributed by atoms with Crippen LogP contribution in [0.2, 0.25) is 0 Å². The van der Waals surface area contributed by atoms with E-state index in [4.69, 9.17) is 15.2 Å². The van der Waals surface area contributed by atoms with Gasteiger partial charge in [-0.3, -0.25) is 9.59 Å². The molecule has 1 aliphatic heterocycles. The first kappa shape index (κ1) is 21.4. The summed E-state index contributed by atoms with van der Waals surface area (Å²) in [6.45, 7) is 7.07. The Labute approximate surface area is 182 Å². The Morgan fingerprint density at radius 3 is 2.68 bits per heavy atom. The van der Waals surface area contributed by atoms with Gasteiger partial charge in [0.05, 0.1) is 18.8 Å². The van der Waals surface area contributed by atoms with Crippen molar-refractivity contribution in [3.63, 3.8) is 0 Å². The van der Waals surface area contributed by atoms with Crippen molar-refractivity contribution in [2.75, 3.05) is 6.54 Å². The molecule has 0 aromatic heterocycles. The number of carbonyl (C=O) groups is 2. The first-order chi connectivity index (χ1) is 14.4. The van der Waals surface area contributed by atoms with Gasteiger partial charge >= 0.3 is 0 Å². The fourth-order valence-electron chi connectivity index (χ4n) is 7.96. The predicted molar refractivity (Wildman–Crippen MR) is 111 cm³/mol. The topological polar surface area (TPSA) is 98.9 Å². The van der Waals surface area contributed by atoms with E-state index in [0.29, 0.717) is 19.3 Å². The van der Waals surface area contributed by atoms with Gasteiger partial charge in [-0.25, -0.2) is 4.39 Å². The molecule has 6 nitrogen and oxygen atoms in total. The van der Waals surface area contributed by atoms with Gasteiger partial charge < -0.3 is 20.3 Å². The monoisotopic (exact) mass is 433 g/mol. The summed E-state index contributed by atoms with van der Waals surface area (Å²) in [5, 5.41) is 11.4. The lowest BCUT2D eigenvalue weighted by molar-refractivity contribution is -0.245. The van der Waals surface area contributed by atoms with Gasteiger partial charge in [-0.2, -0.15) is 0 Å². The summed E-state index contributed by atoms with van der Waals surface area (Å²) in [6, 6.07) is 0. The summed E-state index contributed by atoms with van der Waals surface area (Å²) in [5.74, 6) is -2.07. The number of halogens is 1. The average Bonchev–Trinajstić information content (AvgIpc) is 3.09. The van der Waals surface area contributed by atoms with Crippen molar-refractivity contribution in [2.24, 2.45) is 28.4 Å². The average molecular weight is 434 g/mol. The third kappa shape index (κ3) is 2.31. The van der Waals surface area contributed by atoms with Crippen LogP contribution >= 0.6 is 0 Å². The minimum atomic E-state index is -1.94. The number of nitrogens with two attached hydrogens (primary N) is 1. The molecule has 0 aromatic rings. The number of ether oxygens (including phenoxy) is 2. The van der Waals surface area contributed by atoms with Crippen molar-refractivity contribution in [1.29, 1.82) is 0 Å². The van der Waals surface area contributed by atoms with Crippen molar-refractivity contribution >= 4 is 11.6 Å². The Kier molecular flexibility index (Phi) is 4.24. The number of alkyl halides is 1. The Hall–Kier alpha value is -1.41. The molecule has 31 heavy (non-hydrogen) atoms. The fraction of sp³-hybridized carbons (Fsp3) is 0.750. The minimum absolute atomic E-state index is 0.0665. The van der Waals surface area contributed by atoms with E-state index >= 15 is 4.39 Å². The highest BCUT2D eigenvalue weighted by molar-refractivity contribution is 6.01. The van der Waals surface area contributed by atoms with Crippen molar-refractivity contribution < 1.29 is 28.6 Å². The highest BCUT2D eigenvalue weighted by atomic mass is 19.1.